The first-order valence-electron chi connectivity index (χ1n) is 9.23. The monoisotopic (exact) mass is 360 g/mol. The Kier molecular flexibility index (Phi) is 10.1. The van der Waals surface area contributed by atoms with Gasteiger partial charge >= 0.3 is 6.03 Å². The molecule has 0 unspecified atom stereocenters. The molecular formula is C17H33ClN4O2. The lowest BCUT2D eigenvalue weighted by molar-refractivity contribution is -0.122. The summed E-state index contributed by atoms with van der Waals surface area (Å²) in [5, 5.41) is 8.93. The van der Waals surface area contributed by atoms with E-state index < -0.39 is 0 Å². The number of nitrogens with one attached hydrogen (secondary N) is 3. The van der Waals surface area contributed by atoms with Gasteiger partial charge in [-0.3, -0.25) is 4.79 Å². The minimum absolute atomic E-state index is 0. The number of carbonyl (C=O) groups excluding carboxylic acids is 2. The summed E-state index contributed by atoms with van der Waals surface area (Å²) < 4.78 is 0. The van der Waals surface area contributed by atoms with Crippen LogP contribution in [0.4, 0.5) is 4.79 Å². The second-order valence-corrected chi connectivity index (χ2v) is 7.02. The molecule has 2 aliphatic rings. The van der Waals surface area contributed by atoms with Gasteiger partial charge in [-0.1, -0.05) is 19.3 Å². The second-order valence-electron chi connectivity index (χ2n) is 7.02. The van der Waals surface area contributed by atoms with Gasteiger partial charge in [0.05, 0.1) is 0 Å². The highest BCUT2D eigenvalue weighted by atomic mass is 35.5. The molecule has 24 heavy (non-hydrogen) atoms. The van der Waals surface area contributed by atoms with Crippen LogP contribution in [0.3, 0.4) is 0 Å². The molecule has 7 heteroatoms. The molecule has 0 saturated heterocycles. The van der Waals surface area contributed by atoms with Crippen molar-refractivity contribution < 1.29 is 9.59 Å². The summed E-state index contributed by atoms with van der Waals surface area (Å²) in [6.07, 6.45) is 11.0. The van der Waals surface area contributed by atoms with Crippen LogP contribution in [0.5, 0.6) is 0 Å². The summed E-state index contributed by atoms with van der Waals surface area (Å²) in [7, 11) is 0. The van der Waals surface area contributed by atoms with E-state index in [-0.39, 0.29) is 30.4 Å². The van der Waals surface area contributed by atoms with Crippen LogP contribution in [-0.2, 0) is 4.79 Å². The lowest BCUT2D eigenvalue weighted by Gasteiger charge is -2.26. The molecule has 0 aromatic heterocycles. The van der Waals surface area contributed by atoms with E-state index in [0.717, 1.165) is 38.5 Å². The minimum Gasteiger partial charge on any atom is -0.353 e. The molecule has 3 amide bonds. The zero-order chi connectivity index (χ0) is 16.5. The van der Waals surface area contributed by atoms with Crippen LogP contribution >= 0.6 is 12.4 Å². The van der Waals surface area contributed by atoms with Gasteiger partial charge < -0.3 is 21.7 Å². The fourth-order valence-electron chi connectivity index (χ4n) is 3.50. The molecular weight excluding hydrogens is 328 g/mol. The Morgan fingerprint density at radius 3 is 2.17 bits per heavy atom. The van der Waals surface area contributed by atoms with Crippen molar-refractivity contribution in [3.63, 3.8) is 0 Å². The molecule has 0 aromatic rings. The first kappa shape index (κ1) is 21.0. The van der Waals surface area contributed by atoms with E-state index in [1.54, 1.807) is 0 Å². The topological polar surface area (TPSA) is 96.2 Å². The van der Waals surface area contributed by atoms with Gasteiger partial charge in [0.1, 0.15) is 0 Å². The van der Waals surface area contributed by atoms with Crippen molar-refractivity contribution in [1.29, 1.82) is 0 Å². The Bertz CT molecular complexity index is 381. The molecule has 0 spiro atoms. The van der Waals surface area contributed by atoms with Gasteiger partial charge in [0.2, 0.25) is 5.91 Å². The predicted molar refractivity (Wildman–Crippen MR) is 98.3 cm³/mol. The zero-order valence-electron chi connectivity index (χ0n) is 14.5. The summed E-state index contributed by atoms with van der Waals surface area (Å²) in [5.41, 5.74) is 5.86. The van der Waals surface area contributed by atoms with Gasteiger partial charge in [0, 0.05) is 31.1 Å². The fraction of sp³-hybridized carbons (Fsp3) is 0.882. The Morgan fingerprint density at radius 1 is 0.875 bits per heavy atom. The first-order valence-corrected chi connectivity index (χ1v) is 9.23. The van der Waals surface area contributed by atoms with E-state index in [1.807, 2.05) is 0 Å². The molecule has 0 radical (unpaired) electrons. The standard InChI is InChI=1S/C17H32N4O2.ClH/c18-13-8-10-15(11-9-13)20-16(22)7-4-12-19-17(23)21-14-5-2-1-3-6-14;/h13-15H,1-12,18H2,(H,20,22)(H2,19,21,23);1H. The van der Waals surface area contributed by atoms with E-state index in [1.165, 1.54) is 19.3 Å². The van der Waals surface area contributed by atoms with Gasteiger partial charge in [0.25, 0.3) is 0 Å². The summed E-state index contributed by atoms with van der Waals surface area (Å²) in [5.74, 6) is 0.0833. The third-order valence-electron chi connectivity index (χ3n) is 4.94. The molecule has 0 atom stereocenters. The van der Waals surface area contributed by atoms with Crippen molar-refractivity contribution in [3.8, 4) is 0 Å². The smallest absolute Gasteiger partial charge is 0.315 e. The molecule has 6 nitrogen and oxygen atoms in total. The zero-order valence-corrected chi connectivity index (χ0v) is 15.3. The van der Waals surface area contributed by atoms with Crippen LogP contribution in [-0.4, -0.2) is 36.6 Å². The molecule has 5 N–H and O–H groups in total. The summed E-state index contributed by atoms with van der Waals surface area (Å²) in [6, 6.07) is 0.809. The van der Waals surface area contributed by atoms with E-state index in [0.29, 0.717) is 31.5 Å². The Morgan fingerprint density at radius 2 is 1.50 bits per heavy atom. The maximum atomic E-state index is 11.9. The molecule has 140 valence electrons. The molecule has 0 bridgehead atoms. The highest BCUT2D eigenvalue weighted by Gasteiger charge is 2.20. The first-order chi connectivity index (χ1) is 11.1. The molecule has 2 fully saturated rings. The largest absolute Gasteiger partial charge is 0.353 e. The highest BCUT2D eigenvalue weighted by Crippen LogP contribution is 2.17. The number of halogens is 1. The van der Waals surface area contributed by atoms with Crippen molar-refractivity contribution in [2.75, 3.05) is 6.54 Å². The molecule has 2 aliphatic carbocycles. The van der Waals surface area contributed by atoms with Gasteiger partial charge in [0.15, 0.2) is 0 Å². The molecule has 0 aromatic carbocycles. The van der Waals surface area contributed by atoms with E-state index >= 15 is 0 Å². The van der Waals surface area contributed by atoms with Crippen LogP contribution in [0, 0.1) is 0 Å². The van der Waals surface area contributed by atoms with Crippen LogP contribution in [0.25, 0.3) is 0 Å². The number of hydrogen-bond acceptors (Lipinski definition) is 3. The third kappa shape index (κ3) is 8.20. The van der Waals surface area contributed by atoms with Crippen LogP contribution in [0.15, 0.2) is 0 Å². The number of hydrogen-bond donors (Lipinski definition) is 4. The lowest BCUT2D eigenvalue weighted by atomic mass is 9.92. The summed E-state index contributed by atoms with van der Waals surface area (Å²) >= 11 is 0. The third-order valence-corrected chi connectivity index (χ3v) is 4.94. The maximum absolute atomic E-state index is 11.9. The highest BCUT2D eigenvalue weighted by molar-refractivity contribution is 5.85. The number of nitrogens with two attached hydrogens (primary N) is 1. The van der Waals surface area contributed by atoms with Crippen molar-refractivity contribution in [3.05, 3.63) is 0 Å². The van der Waals surface area contributed by atoms with Crippen molar-refractivity contribution >= 4 is 24.3 Å². The van der Waals surface area contributed by atoms with E-state index in [4.69, 9.17) is 5.73 Å². The normalized spacial score (nSPS) is 24.5. The number of amides is 3. The van der Waals surface area contributed by atoms with E-state index in [9.17, 15) is 9.59 Å². The second kappa shape index (κ2) is 11.5. The summed E-state index contributed by atoms with van der Waals surface area (Å²) in [6.45, 7) is 0.543. The molecule has 2 rings (SSSR count). The number of urea groups is 1. The average molecular weight is 361 g/mol. The average Bonchev–Trinajstić information content (AvgIpc) is 2.55. The van der Waals surface area contributed by atoms with Crippen molar-refractivity contribution in [1.82, 2.24) is 16.0 Å². The van der Waals surface area contributed by atoms with Crippen molar-refractivity contribution in [2.24, 2.45) is 5.73 Å². The van der Waals surface area contributed by atoms with Crippen LogP contribution in [0.1, 0.15) is 70.6 Å². The predicted octanol–water partition coefficient (Wildman–Crippen LogP) is 2.21. The van der Waals surface area contributed by atoms with Crippen molar-refractivity contribution in [2.45, 2.75) is 88.8 Å². The minimum atomic E-state index is -0.0985. The van der Waals surface area contributed by atoms with Crippen LogP contribution < -0.4 is 21.7 Å². The van der Waals surface area contributed by atoms with Gasteiger partial charge in [-0.25, -0.2) is 4.79 Å². The summed E-state index contributed by atoms with van der Waals surface area (Å²) in [4.78, 5) is 23.7. The fourth-order valence-corrected chi connectivity index (χ4v) is 3.50. The van der Waals surface area contributed by atoms with Gasteiger partial charge in [-0.2, -0.15) is 0 Å². The van der Waals surface area contributed by atoms with Gasteiger partial charge in [-0.15, -0.1) is 12.4 Å². The number of carbonyl (C=O) groups is 2. The molecule has 0 aliphatic heterocycles. The Hall–Kier alpha value is -1.01. The Balaban J connectivity index is 0.00000288. The number of rotatable bonds is 6. The lowest BCUT2D eigenvalue weighted by Crippen LogP contribution is -2.43. The van der Waals surface area contributed by atoms with Crippen LogP contribution in [0.2, 0.25) is 0 Å². The molecule has 0 heterocycles. The van der Waals surface area contributed by atoms with Gasteiger partial charge in [-0.05, 0) is 44.9 Å². The molecule has 2 saturated carbocycles. The SMILES string of the molecule is Cl.NC1CCC(NC(=O)CCCNC(=O)NC2CCCCC2)CC1. The van der Waals surface area contributed by atoms with E-state index in [2.05, 4.69) is 16.0 Å². The Labute approximate surface area is 151 Å². The maximum Gasteiger partial charge on any atom is 0.315 e. The quantitative estimate of drug-likeness (QED) is 0.547.